The second-order valence-electron chi connectivity index (χ2n) is 5.96. The van der Waals surface area contributed by atoms with E-state index in [4.69, 9.17) is 29.6 Å². The summed E-state index contributed by atoms with van der Waals surface area (Å²) in [5, 5.41) is 4.23. The average molecular weight is 297 g/mol. The molecule has 104 valence electrons. The Morgan fingerprint density at radius 3 is 2.79 bits per heavy atom. The van der Waals surface area contributed by atoms with Crippen LogP contribution in [0.1, 0.15) is 45.1 Å². The molecule has 1 aromatic rings. The summed E-state index contributed by atoms with van der Waals surface area (Å²) < 4.78 is 0. The molecule has 1 fully saturated rings. The lowest BCUT2D eigenvalue weighted by molar-refractivity contribution is 0.217. The van der Waals surface area contributed by atoms with Crippen LogP contribution < -0.4 is 11.1 Å². The minimum atomic E-state index is 0.286. The summed E-state index contributed by atoms with van der Waals surface area (Å²) in [6.07, 6.45) is 5.00. The quantitative estimate of drug-likeness (QED) is 0.814. The van der Waals surface area contributed by atoms with E-state index >= 15 is 0 Å². The molecule has 0 bridgehead atoms. The van der Waals surface area contributed by atoms with Crippen molar-refractivity contribution in [3.05, 3.63) is 28.8 Å². The molecule has 4 heteroatoms. The predicted molar refractivity (Wildman–Crippen MR) is 87.0 cm³/mol. The monoisotopic (exact) mass is 296 g/mol. The maximum atomic E-state index is 6.21. The Bertz CT molecular complexity index is 485. The standard InChI is InChI=1S/C15H21ClN2S/c1-15(2)9-4-3-8-12(15)18-11-7-5-6-10(16)13(11)14(17)19/h5-7,12,18H,3-4,8-9H2,1-2H3,(H2,17,19). The number of hydrogen-bond acceptors (Lipinski definition) is 2. The molecule has 0 heterocycles. The van der Waals surface area contributed by atoms with Gasteiger partial charge in [0.2, 0.25) is 0 Å². The first kappa shape index (κ1) is 14.6. The summed E-state index contributed by atoms with van der Waals surface area (Å²) in [4.78, 5) is 0.349. The SMILES string of the molecule is CC1(C)CCCCC1Nc1cccc(Cl)c1C(N)=S. The number of benzene rings is 1. The number of anilines is 1. The topological polar surface area (TPSA) is 38.0 Å². The zero-order valence-electron chi connectivity index (χ0n) is 11.5. The molecular weight excluding hydrogens is 276 g/mol. The molecular formula is C15H21ClN2S. The van der Waals surface area contributed by atoms with Gasteiger partial charge < -0.3 is 11.1 Å². The Labute approximate surface area is 125 Å². The van der Waals surface area contributed by atoms with E-state index in [1.165, 1.54) is 25.7 Å². The molecule has 0 aromatic heterocycles. The Hall–Kier alpha value is -0.800. The molecule has 0 aliphatic heterocycles. The van der Waals surface area contributed by atoms with Gasteiger partial charge >= 0.3 is 0 Å². The molecule has 1 aliphatic rings. The van der Waals surface area contributed by atoms with Crippen molar-refractivity contribution >= 4 is 34.5 Å². The molecule has 0 saturated heterocycles. The Balaban J connectivity index is 2.28. The summed E-state index contributed by atoms with van der Waals surface area (Å²) in [5.74, 6) is 0. The fourth-order valence-corrected chi connectivity index (χ4v) is 3.40. The van der Waals surface area contributed by atoms with Crippen molar-refractivity contribution in [3.8, 4) is 0 Å². The van der Waals surface area contributed by atoms with Crippen molar-refractivity contribution in [1.29, 1.82) is 0 Å². The van der Waals surface area contributed by atoms with Crippen molar-refractivity contribution in [2.45, 2.75) is 45.6 Å². The molecule has 1 aliphatic carbocycles. The van der Waals surface area contributed by atoms with Crippen LogP contribution in [0.15, 0.2) is 18.2 Å². The minimum Gasteiger partial charge on any atom is -0.389 e. The zero-order chi connectivity index (χ0) is 14.0. The van der Waals surface area contributed by atoms with Gasteiger partial charge in [0.1, 0.15) is 4.99 Å². The van der Waals surface area contributed by atoms with Crippen LogP contribution in [0, 0.1) is 5.41 Å². The maximum Gasteiger partial charge on any atom is 0.107 e. The zero-order valence-corrected chi connectivity index (χ0v) is 13.1. The molecule has 1 unspecified atom stereocenters. The number of nitrogens with one attached hydrogen (secondary N) is 1. The summed E-state index contributed by atoms with van der Waals surface area (Å²) in [7, 11) is 0. The van der Waals surface area contributed by atoms with Gasteiger partial charge in [0, 0.05) is 11.7 Å². The minimum absolute atomic E-state index is 0.286. The van der Waals surface area contributed by atoms with E-state index in [0.717, 1.165) is 11.3 Å². The van der Waals surface area contributed by atoms with E-state index in [9.17, 15) is 0 Å². The van der Waals surface area contributed by atoms with E-state index in [1.54, 1.807) is 0 Å². The largest absolute Gasteiger partial charge is 0.389 e. The lowest BCUT2D eigenvalue weighted by atomic mass is 9.73. The second kappa shape index (κ2) is 5.68. The van der Waals surface area contributed by atoms with Crippen molar-refractivity contribution in [2.75, 3.05) is 5.32 Å². The van der Waals surface area contributed by atoms with E-state index < -0.39 is 0 Å². The van der Waals surface area contributed by atoms with Gasteiger partial charge in [-0.25, -0.2) is 0 Å². The Morgan fingerprint density at radius 2 is 2.16 bits per heavy atom. The third kappa shape index (κ3) is 3.21. The van der Waals surface area contributed by atoms with Gasteiger partial charge in [-0.1, -0.05) is 56.6 Å². The highest BCUT2D eigenvalue weighted by Crippen LogP contribution is 2.38. The highest BCUT2D eigenvalue weighted by molar-refractivity contribution is 7.80. The number of rotatable bonds is 3. The first-order valence-corrected chi connectivity index (χ1v) is 7.55. The third-order valence-electron chi connectivity index (χ3n) is 4.10. The lowest BCUT2D eigenvalue weighted by Gasteiger charge is -2.40. The van der Waals surface area contributed by atoms with Gasteiger partial charge in [0.15, 0.2) is 0 Å². The van der Waals surface area contributed by atoms with E-state index in [-0.39, 0.29) is 5.41 Å². The number of thiocarbonyl (C=S) groups is 1. The Morgan fingerprint density at radius 1 is 1.42 bits per heavy atom. The van der Waals surface area contributed by atoms with Gasteiger partial charge in [-0.2, -0.15) is 0 Å². The highest BCUT2D eigenvalue weighted by atomic mass is 35.5. The van der Waals surface area contributed by atoms with Crippen LogP contribution >= 0.6 is 23.8 Å². The normalized spacial score (nSPS) is 21.9. The maximum absolute atomic E-state index is 6.21. The molecule has 3 N–H and O–H groups in total. The van der Waals surface area contributed by atoms with Crippen LogP contribution in [0.2, 0.25) is 5.02 Å². The van der Waals surface area contributed by atoms with Gasteiger partial charge in [-0.3, -0.25) is 0 Å². The van der Waals surface area contributed by atoms with Gasteiger partial charge in [0.25, 0.3) is 0 Å². The van der Waals surface area contributed by atoms with Crippen molar-refractivity contribution < 1.29 is 0 Å². The molecule has 2 nitrogen and oxygen atoms in total. The van der Waals surface area contributed by atoms with Gasteiger partial charge in [-0.15, -0.1) is 0 Å². The van der Waals surface area contributed by atoms with E-state index in [1.807, 2.05) is 18.2 Å². The molecule has 1 saturated carbocycles. The number of nitrogens with two attached hydrogens (primary N) is 1. The van der Waals surface area contributed by atoms with Crippen molar-refractivity contribution in [2.24, 2.45) is 11.1 Å². The van der Waals surface area contributed by atoms with Crippen LogP contribution in [0.4, 0.5) is 5.69 Å². The summed E-state index contributed by atoms with van der Waals surface area (Å²) >= 11 is 11.3. The molecule has 0 amide bonds. The first-order chi connectivity index (χ1) is 8.92. The summed E-state index contributed by atoms with van der Waals surface area (Å²) in [6.45, 7) is 4.63. The fraction of sp³-hybridized carbons (Fsp3) is 0.533. The molecule has 1 atom stereocenters. The first-order valence-electron chi connectivity index (χ1n) is 6.76. The van der Waals surface area contributed by atoms with Gasteiger partial charge in [-0.05, 0) is 30.4 Å². The number of halogens is 1. The fourth-order valence-electron chi connectivity index (χ4n) is 2.84. The van der Waals surface area contributed by atoms with Gasteiger partial charge in [0.05, 0.1) is 10.6 Å². The summed E-state index contributed by atoms with van der Waals surface area (Å²) in [6, 6.07) is 6.20. The molecule has 0 spiro atoms. The van der Waals surface area contributed by atoms with Crippen molar-refractivity contribution in [3.63, 3.8) is 0 Å². The van der Waals surface area contributed by atoms with E-state index in [0.29, 0.717) is 16.1 Å². The molecule has 2 rings (SSSR count). The van der Waals surface area contributed by atoms with Crippen LogP contribution in [0.25, 0.3) is 0 Å². The predicted octanol–water partition coefficient (Wildman–Crippen LogP) is 4.35. The van der Waals surface area contributed by atoms with Crippen LogP contribution in [-0.4, -0.2) is 11.0 Å². The Kier molecular flexibility index (Phi) is 4.36. The smallest absolute Gasteiger partial charge is 0.107 e. The van der Waals surface area contributed by atoms with Crippen LogP contribution in [0.5, 0.6) is 0 Å². The van der Waals surface area contributed by atoms with E-state index in [2.05, 4.69) is 19.2 Å². The molecule has 1 aromatic carbocycles. The molecule has 19 heavy (non-hydrogen) atoms. The summed E-state index contributed by atoms with van der Waals surface area (Å²) in [5.41, 5.74) is 7.80. The molecule has 0 radical (unpaired) electrons. The van der Waals surface area contributed by atoms with Crippen molar-refractivity contribution in [1.82, 2.24) is 0 Å². The average Bonchev–Trinajstić information content (AvgIpc) is 2.31. The number of hydrogen-bond donors (Lipinski definition) is 2. The van der Waals surface area contributed by atoms with Crippen LogP contribution in [0.3, 0.4) is 0 Å². The third-order valence-corrected chi connectivity index (χ3v) is 4.62. The van der Waals surface area contributed by atoms with Crippen LogP contribution in [-0.2, 0) is 0 Å². The second-order valence-corrected chi connectivity index (χ2v) is 6.80. The highest BCUT2D eigenvalue weighted by Gasteiger charge is 2.32. The lowest BCUT2D eigenvalue weighted by Crippen LogP contribution is -2.39.